The van der Waals surface area contributed by atoms with Crippen molar-refractivity contribution in [1.82, 2.24) is 9.97 Å². The Kier molecular flexibility index (Phi) is 4.52. The molecule has 2 heterocycles. The lowest BCUT2D eigenvalue weighted by atomic mass is 10.1. The highest BCUT2D eigenvalue weighted by molar-refractivity contribution is 7.08. The van der Waals surface area contributed by atoms with Gasteiger partial charge in [0, 0.05) is 11.8 Å². The number of halogens is 1. The van der Waals surface area contributed by atoms with Crippen LogP contribution >= 0.6 is 22.9 Å². The monoisotopic (exact) mass is 283 g/mol. The maximum Gasteiger partial charge on any atom is 0.224 e. The molecule has 2 rings (SSSR count). The third-order valence-electron chi connectivity index (χ3n) is 2.65. The van der Waals surface area contributed by atoms with Crippen molar-refractivity contribution >= 4 is 28.8 Å². The SMILES string of the molecule is CCC(CO)Nc1nc(Cl)ncc1-c1ccsc1. The topological polar surface area (TPSA) is 58.0 Å². The fraction of sp³-hybridized carbons (Fsp3) is 0.333. The molecular weight excluding hydrogens is 270 g/mol. The van der Waals surface area contributed by atoms with Crippen LogP contribution in [0, 0.1) is 0 Å². The summed E-state index contributed by atoms with van der Waals surface area (Å²) in [5.74, 6) is 0.661. The second-order valence-corrected chi connectivity index (χ2v) is 4.96. The molecule has 18 heavy (non-hydrogen) atoms. The minimum atomic E-state index is -0.0339. The number of nitrogens with zero attached hydrogens (tertiary/aromatic N) is 2. The van der Waals surface area contributed by atoms with Gasteiger partial charge in [-0.25, -0.2) is 9.97 Å². The first-order valence-electron chi connectivity index (χ1n) is 5.67. The fourth-order valence-corrected chi connectivity index (χ4v) is 2.36. The fourth-order valence-electron chi connectivity index (χ4n) is 1.57. The van der Waals surface area contributed by atoms with Crippen molar-refractivity contribution in [1.29, 1.82) is 0 Å². The lowest BCUT2D eigenvalue weighted by Crippen LogP contribution is -2.23. The predicted octanol–water partition coefficient (Wildman–Crippen LogP) is 3.04. The van der Waals surface area contributed by atoms with Gasteiger partial charge < -0.3 is 10.4 Å². The third-order valence-corrected chi connectivity index (χ3v) is 3.51. The van der Waals surface area contributed by atoms with E-state index in [1.54, 1.807) is 17.5 Å². The van der Waals surface area contributed by atoms with Crippen LogP contribution in [0.2, 0.25) is 5.28 Å². The summed E-state index contributed by atoms with van der Waals surface area (Å²) in [6.07, 6.45) is 2.50. The van der Waals surface area contributed by atoms with Gasteiger partial charge in [0.2, 0.25) is 5.28 Å². The number of thiophene rings is 1. The van der Waals surface area contributed by atoms with Crippen LogP contribution in [0.1, 0.15) is 13.3 Å². The lowest BCUT2D eigenvalue weighted by Gasteiger charge is -2.17. The molecule has 1 atom stereocenters. The number of anilines is 1. The van der Waals surface area contributed by atoms with Gasteiger partial charge in [-0.15, -0.1) is 0 Å². The van der Waals surface area contributed by atoms with Crippen molar-refractivity contribution in [3.63, 3.8) is 0 Å². The Bertz CT molecular complexity index is 500. The second-order valence-electron chi connectivity index (χ2n) is 3.85. The van der Waals surface area contributed by atoms with Gasteiger partial charge in [0.1, 0.15) is 5.82 Å². The smallest absolute Gasteiger partial charge is 0.224 e. The van der Waals surface area contributed by atoms with Crippen molar-refractivity contribution in [2.24, 2.45) is 0 Å². The van der Waals surface area contributed by atoms with Crippen LogP contribution in [-0.2, 0) is 0 Å². The number of hydrogen-bond acceptors (Lipinski definition) is 5. The van der Waals surface area contributed by atoms with Crippen molar-refractivity contribution in [2.75, 3.05) is 11.9 Å². The summed E-state index contributed by atoms with van der Waals surface area (Å²) in [5.41, 5.74) is 1.94. The van der Waals surface area contributed by atoms with E-state index in [1.165, 1.54) is 0 Å². The van der Waals surface area contributed by atoms with Crippen LogP contribution in [0.3, 0.4) is 0 Å². The van der Waals surface area contributed by atoms with E-state index in [0.717, 1.165) is 17.5 Å². The Morgan fingerprint density at radius 3 is 3.00 bits per heavy atom. The molecule has 2 N–H and O–H groups in total. The van der Waals surface area contributed by atoms with E-state index in [1.807, 2.05) is 23.8 Å². The van der Waals surface area contributed by atoms with Gasteiger partial charge in [0.05, 0.1) is 12.6 Å². The summed E-state index contributed by atoms with van der Waals surface area (Å²) in [7, 11) is 0. The lowest BCUT2D eigenvalue weighted by molar-refractivity contribution is 0.271. The van der Waals surface area contributed by atoms with Crippen LogP contribution in [0.4, 0.5) is 5.82 Å². The predicted molar refractivity (Wildman–Crippen MR) is 75.1 cm³/mol. The van der Waals surface area contributed by atoms with Crippen LogP contribution in [0.15, 0.2) is 23.0 Å². The largest absolute Gasteiger partial charge is 0.394 e. The first-order valence-corrected chi connectivity index (χ1v) is 6.99. The van der Waals surface area contributed by atoms with E-state index in [9.17, 15) is 5.11 Å². The molecule has 0 bridgehead atoms. The Balaban J connectivity index is 2.35. The van der Waals surface area contributed by atoms with Gasteiger partial charge >= 0.3 is 0 Å². The van der Waals surface area contributed by atoms with Gasteiger partial charge in [-0.3, -0.25) is 0 Å². The van der Waals surface area contributed by atoms with Crippen molar-refractivity contribution < 1.29 is 5.11 Å². The number of aromatic nitrogens is 2. The molecule has 4 nitrogen and oxygen atoms in total. The van der Waals surface area contributed by atoms with Gasteiger partial charge in [0.15, 0.2) is 0 Å². The molecule has 0 saturated heterocycles. The van der Waals surface area contributed by atoms with Gasteiger partial charge in [-0.05, 0) is 40.4 Å². The molecule has 0 aliphatic carbocycles. The highest BCUT2D eigenvalue weighted by atomic mass is 35.5. The molecule has 0 saturated carbocycles. The average molecular weight is 284 g/mol. The maximum absolute atomic E-state index is 9.24. The number of aliphatic hydroxyl groups is 1. The zero-order chi connectivity index (χ0) is 13.0. The zero-order valence-corrected chi connectivity index (χ0v) is 11.5. The van der Waals surface area contributed by atoms with Crippen LogP contribution in [0.25, 0.3) is 11.1 Å². The summed E-state index contributed by atoms with van der Waals surface area (Å²) in [5, 5.41) is 16.7. The summed E-state index contributed by atoms with van der Waals surface area (Å²) >= 11 is 7.44. The van der Waals surface area contributed by atoms with E-state index in [-0.39, 0.29) is 17.9 Å². The molecule has 2 aromatic rings. The van der Waals surface area contributed by atoms with Crippen molar-refractivity contribution in [2.45, 2.75) is 19.4 Å². The normalized spacial score (nSPS) is 12.4. The van der Waals surface area contributed by atoms with Gasteiger partial charge in [-0.1, -0.05) is 6.92 Å². The van der Waals surface area contributed by atoms with E-state index < -0.39 is 0 Å². The summed E-state index contributed by atoms with van der Waals surface area (Å²) < 4.78 is 0. The Hall–Kier alpha value is -1.17. The molecule has 6 heteroatoms. The number of rotatable bonds is 5. The first-order chi connectivity index (χ1) is 8.74. The quantitative estimate of drug-likeness (QED) is 0.828. The second kappa shape index (κ2) is 6.13. The van der Waals surface area contributed by atoms with E-state index >= 15 is 0 Å². The van der Waals surface area contributed by atoms with E-state index in [0.29, 0.717) is 5.82 Å². The maximum atomic E-state index is 9.24. The Morgan fingerprint density at radius 1 is 1.56 bits per heavy atom. The third kappa shape index (κ3) is 2.98. The number of nitrogens with one attached hydrogen (secondary N) is 1. The van der Waals surface area contributed by atoms with Crippen molar-refractivity contribution in [3.8, 4) is 11.1 Å². The van der Waals surface area contributed by atoms with E-state index in [4.69, 9.17) is 11.6 Å². The zero-order valence-electron chi connectivity index (χ0n) is 9.93. The molecule has 0 aliphatic rings. The minimum Gasteiger partial charge on any atom is -0.394 e. The molecule has 0 radical (unpaired) electrons. The van der Waals surface area contributed by atoms with E-state index in [2.05, 4.69) is 15.3 Å². The number of hydrogen-bond donors (Lipinski definition) is 2. The molecule has 0 amide bonds. The summed E-state index contributed by atoms with van der Waals surface area (Å²) in [4.78, 5) is 8.21. The van der Waals surface area contributed by atoms with Gasteiger partial charge in [0.25, 0.3) is 0 Å². The first kappa shape index (κ1) is 13.3. The van der Waals surface area contributed by atoms with Crippen molar-refractivity contribution in [3.05, 3.63) is 28.3 Å². The molecule has 0 spiro atoms. The Morgan fingerprint density at radius 2 is 2.39 bits per heavy atom. The van der Waals surface area contributed by atoms with Crippen LogP contribution in [-0.4, -0.2) is 27.7 Å². The van der Waals surface area contributed by atoms with Gasteiger partial charge in [-0.2, -0.15) is 11.3 Å². The molecule has 0 aromatic carbocycles. The number of aliphatic hydroxyl groups excluding tert-OH is 1. The molecular formula is C12H14ClN3OS. The molecule has 0 aliphatic heterocycles. The van der Waals surface area contributed by atoms with Crippen LogP contribution < -0.4 is 5.32 Å². The molecule has 2 aromatic heterocycles. The molecule has 1 unspecified atom stereocenters. The highest BCUT2D eigenvalue weighted by Crippen LogP contribution is 2.28. The minimum absolute atomic E-state index is 0.0339. The summed E-state index contributed by atoms with van der Waals surface area (Å²) in [6, 6.07) is 1.97. The average Bonchev–Trinajstić information content (AvgIpc) is 2.89. The molecule has 0 fully saturated rings. The summed E-state index contributed by atoms with van der Waals surface area (Å²) in [6.45, 7) is 2.06. The standard InChI is InChI=1S/C12H14ClN3OS/c1-2-9(6-17)15-11-10(5-14-12(13)16-11)8-3-4-18-7-8/h3-5,7,9,17H,2,6H2,1H3,(H,14,15,16). The highest BCUT2D eigenvalue weighted by Gasteiger charge is 2.12. The molecule has 96 valence electrons. The van der Waals surface area contributed by atoms with Crippen LogP contribution in [0.5, 0.6) is 0 Å². The Labute approximate surface area is 115 Å².